The molecule has 3 heteroatoms. The third kappa shape index (κ3) is 2.78. The molecule has 0 spiro atoms. The SMILES string of the molecule is Cc1ccc(C(N)=S)c(NCC2CC2(C)C)c1. The van der Waals surface area contributed by atoms with Crippen molar-refractivity contribution in [2.24, 2.45) is 17.1 Å². The Labute approximate surface area is 109 Å². The van der Waals surface area contributed by atoms with E-state index in [1.54, 1.807) is 0 Å². The fourth-order valence-electron chi connectivity index (χ4n) is 2.18. The van der Waals surface area contributed by atoms with Gasteiger partial charge in [0.2, 0.25) is 0 Å². The van der Waals surface area contributed by atoms with Crippen LogP contribution in [0.4, 0.5) is 5.69 Å². The molecule has 0 aliphatic heterocycles. The second-order valence-electron chi connectivity index (χ2n) is 5.68. The molecule has 1 aromatic carbocycles. The van der Waals surface area contributed by atoms with Gasteiger partial charge < -0.3 is 11.1 Å². The van der Waals surface area contributed by atoms with Gasteiger partial charge in [0.15, 0.2) is 0 Å². The quantitative estimate of drug-likeness (QED) is 0.804. The molecule has 1 saturated carbocycles. The van der Waals surface area contributed by atoms with Crippen LogP contribution in [0.1, 0.15) is 31.4 Å². The highest BCUT2D eigenvalue weighted by Crippen LogP contribution is 2.51. The first-order chi connectivity index (χ1) is 7.90. The number of anilines is 1. The lowest BCUT2D eigenvalue weighted by Crippen LogP contribution is -2.15. The number of hydrogen-bond acceptors (Lipinski definition) is 2. The summed E-state index contributed by atoms with van der Waals surface area (Å²) in [6, 6.07) is 6.16. The average molecular weight is 248 g/mol. The molecule has 1 aromatic rings. The van der Waals surface area contributed by atoms with Gasteiger partial charge in [0.05, 0.1) is 0 Å². The minimum Gasteiger partial charge on any atom is -0.389 e. The van der Waals surface area contributed by atoms with Crippen LogP contribution < -0.4 is 11.1 Å². The zero-order valence-corrected chi connectivity index (χ0v) is 11.5. The summed E-state index contributed by atoms with van der Waals surface area (Å²) in [5, 5.41) is 3.49. The van der Waals surface area contributed by atoms with Crippen LogP contribution in [0.3, 0.4) is 0 Å². The van der Waals surface area contributed by atoms with E-state index >= 15 is 0 Å². The van der Waals surface area contributed by atoms with Gasteiger partial charge in [0.1, 0.15) is 4.99 Å². The van der Waals surface area contributed by atoms with Crippen molar-refractivity contribution in [3.05, 3.63) is 29.3 Å². The summed E-state index contributed by atoms with van der Waals surface area (Å²) in [4.78, 5) is 0.461. The highest BCUT2D eigenvalue weighted by Gasteiger charge is 2.44. The minimum absolute atomic E-state index is 0.461. The summed E-state index contributed by atoms with van der Waals surface area (Å²) < 4.78 is 0. The topological polar surface area (TPSA) is 38.0 Å². The summed E-state index contributed by atoms with van der Waals surface area (Å²) in [7, 11) is 0. The normalized spacial score (nSPS) is 21.0. The number of hydrogen-bond donors (Lipinski definition) is 2. The summed E-state index contributed by atoms with van der Waals surface area (Å²) in [6.07, 6.45) is 1.30. The summed E-state index contributed by atoms with van der Waals surface area (Å²) in [5.74, 6) is 0.766. The molecule has 0 radical (unpaired) electrons. The van der Waals surface area contributed by atoms with Crippen molar-refractivity contribution in [2.45, 2.75) is 27.2 Å². The van der Waals surface area contributed by atoms with Crippen molar-refractivity contribution >= 4 is 22.9 Å². The van der Waals surface area contributed by atoms with Crippen LogP contribution in [0.15, 0.2) is 18.2 Å². The van der Waals surface area contributed by atoms with Crippen LogP contribution in [-0.4, -0.2) is 11.5 Å². The number of nitrogens with two attached hydrogens (primary N) is 1. The molecule has 0 aromatic heterocycles. The van der Waals surface area contributed by atoms with E-state index in [0.717, 1.165) is 23.7 Å². The third-order valence-electron chi connectivity index (χ3n) is 3.70. The molecule has 2 nitrogen and oxygen atoms in total. The first-order valence-corrected chi connectivity index (χ1v) is 6.45. The lowest BCUT2D eigenvalue weighted by Gasteiger charge is -2.13. The predicted octanol–water partition coefficient (Wildman–Crippen LogP) is 3.09. The molecule has 1 aliphatic carbocycles. The number of nitrogens with one attached hydrogen (secondary N) is 1. The molecular weight excluding hydrogens is 228 g/mol. The van der Waals surface area contributed by atoms with Crippen molar-refractivity contribution < 1.29 is 0 Å². The van der Waals surface area contributed by atoms with Gasteiger partial charge in [-0.2, -0.15) is 0 Å². The van der Waals surface area contributed by atoms with Crippen molar-refractivity contribution in [1.82, 2.24) is 0 Å². The second-order valence-corrected chi connectivity index (χ2v) is 6.12. The monoisotopic (exact) mass is 248 g/mol. The maximum atomic E-state index is 5.73. The second kappa shape index (κ2) is 4.30. The molecule has 1 unspecified atom stereocenters. The van der Waals surface area contributed by atoms with Gasteiger partial charge in [0.25, 0.3) is 0 Å². The van der Waals surface area contributed by atoms with E-state index in [-0.39, 0.29) is 0 Å². The van der Waals surface area contributed by atoms with E-state index in [4.69, 9.17) is 18.0 Å². The lowest BCUT2D eigenvalue weighted by molar-refractivity contribution is 0.573. The summed E-state index contributed by atoms with van der Waals surface area (Å²) in [5.41, 5.74) is 9.47. The van der Waals surface area contributed by atoms with Crippen LogP contribution in [0, 0.1) is 18.3 Å². The predicted molar refractivity (Wildman–Crippen MR) is 77.4 cm³/mol. The number of thiocarbonyl (C=S) groups is 1. The number of rotatable bonds is 4. The van der Waals surface area contributed by atoms with E-state index in [2.05, 4.69) is 32.2 Å². The molecule has 1 atom stereocenters. The Morgan fingerprint density at radius 1 is 1.53 bits per heavy atom. The van der Waals surface area contributed by atoms with Crippen LogP contribution in [0.2, 0.25) is 0 Å². The molecule has 0 bridgehead atoms. The average Bonchev–Trinajstić information content (AvgIpc) is 2.83. The van der Waals surface area contributed by atoms with Gasteiger partial charge in [0, 0.05) is 17.8 Å². The number of aryl methyl sites for hydroxylation is 1. The molecule has 2 rings (SSSR count). The summed E-state index contributed by atoms with van der Waals surface area (Å²) >= 11 is 5.07. The van der Waals surface area contributed by atoms with E-state index in [1.165, 1.54) is 12.0 Å². The van der Waals surface area contributed by atoms with Gasteiger partial charge in [-0.15, -0.1) is 0 Å². The lowest BCUT2D eigenvalue weighted by atomic mass is 10.1. The maximum Gasteiger partial charge on any atom is 0.106 e. The molecule has 0 amide bonds. The Hall–Kier alpha value is -1.09. The van der Waals surface area contributed by atoms with Crippen LogP contribution >= 0.6 is 12.2 Å². The molecule has 0 saturated heterocycles. The zero-order valence-electron chi connectivity index (χ0n) is 10.7. The molecule has 1 fully saturated rings. The van der Waals surface area contributed by atoms with Gasteiger partial charge in [-0.3, -0.25) is 0 Å². The van der Waals surface area contributed by atoms with Crippen molar-refractivity contribution in [1.29, 1.82) is 0 Å². The molecule has 92 valence electrons. The Bertz CT molecular complexity index is 452. The molecule has 1 aliphatic rings. The van der Waals surface area contributed by atoms with Crippen molar-refractivity contribution in [2.75, 3.05) is 11.9 Å². The Balaban J connectivity index is 2.09. The van der Waals surface area contributed by atoms with Crippen molar-refractivity contribution in [3.8, 4) is 0 Å². The molecule has 3 N–H and O–H groups in total. The van der Waals surface area contributed by atoms with Gasteiger partial charge in [-0.1, -0.05) is 32.1 Å². The van der Waals surface area contributed by atoms with Gasteiger partial charge >= 0.3 is 0 Å². The fourth-order valence-corrected chi connectivity index (χ4v) is 2.35. The van der Waals surface area contributed by atoms with Crippen LogP contribution in [0.5, 0.6) is 0 Å². The molecular formula is C14H20N2S. The number of benzene rings is 1. The highest BCUT2D eigenvalue weighted by molar-refractivity contribution is 7.80. The van der Waals surface area contributed by atoms with Crippen LogP contribution in [-0.2, 0) is 0 Å². The van der Waals surface area contributed by atoms with E-state index in [1.807, 2.05) is 12.1 Å². The first-order valence-electron chi connectivity index (χ1n) is 6.04. The zero-order chi connectivity index (χ0) is 12.6. The largest absolute Gasteiger partial charge is 0.389 e. The van der Waals surface area contributed by atoms with Gasteiger partial charge in [-0.05, 0) is 42.4 Å². The van der Waals surface area contributed by atoms with E-state index in [0.29, 0.717) is 10.4 Å². The van der Waals surface area contributed by atoms with E-state index < -0.39 is 0 Å². The Morgan fingerprint density at radius 3 is 2.71 bits per heavy atom. The maximum absolute atomic E-state index is 5.73. The van der Waals surface area contributed by atoms with Crippen molar-refractivity contribution in [3.63, 3.8) is 0 Å². The highest BCUT2D eigenvalue weighted by atomic mass is 32.1. The smallest absolute Gasteiger partial charge is 0.106 e. The minimum atomic E-state index is 0.461. The Kier molecular flexibility index (Phi) is 3.13. The molecule has 17 heavy (non-hydrogen) atoms. The van der Waals surface area contributed by atoms with Gasteiger partial charge in [-0.25, -0.2) is 0 Å². The third-order valence-corrected chi connectivity index (χ3v) is 3.92. The molecule has 0 heterocycles. The van der Waals surface area contributed by atoms with Crippen LogP contribution in [0.25, 0.3) is 0 Å². The Morgan fingerprint density at radius 2 is 2.18 bits per heavy atom. The summed E-state index contributed by atoms with van der Waals surface area (Å²) in [6.45, 7) is 7.70. The standard InChI is InChI=1S/C14H20N2S/c1-9-4-5-11(13(15)17)12(6-9)16-8-10-7-14(10,2)3/h4-6,10,16H,7-8H2,1-3H3,(H2,15,17). The van der Waals surface area contributed by atoms with E-state index in [9.17, 15) is 0 Å². The fraction of sp³-hybridized carbons (Fsp3) is 0.500. The first kappa shape index (κ1) is 12.4.